The van der Waals surface area contributed by atoms with Gasteiger partial charge in [0.25, 0.3) is 5.91 Å². The summed E-state index contributed by atoms with van der Waals surface area (Å²) in [5.41, 5.74) is 3.76. The van der Waals surface area contributed by atoms with Crippen molar-refractivity contribution in [1.82, 2.24) is 14.7 Å². The minimum Gasteiger partial charge on any atom is -0.394 e. The van der Waals surface area contributed by atoms with Crippen LogP contribution < -0.4 is 0 Å². The van der Waals surface area contributed by atoms with E-state index in [1.165, 1.54) is 0 Å². The molecule has 1 aliphatic carbocycles. The molecule has 3 aliphatic rings. The van der Waals surface area contributed by atoms with Gasteiger partial charge in [0, 0.05) is 38.5 Å². The first-order chi connectivity index (χ1) is 16.4. The highest BCUT2D eigenvalue weighted by molar-refractivity contribution is 5.94. The lowest BCUT2D eigenvalue weighted by molar-refractivity contribution is -0.167. The van der Waals surface area contributed by atoms with E-state index in [4.69, 9.17) is 0 Å². The number of fused-ring (bicyclic) bond motifs is 1. The van der Waals surface area contributed by atoms with Crippen molar-refractivity contribution < 1.29 is 19.5 Å². The van der Waals surface area contributed by atoms with Crippen molar-refractivity contribution in [1.29, 1.82) is 0 Å². The summed E-state index contributed by atoms with van der Waals surface area (Å²) in [5.74, 6) is 0.469. The maximum atomic E-state index is 12.8. The average molecular weight is 462 g/mol. The summed E-state index contributed by atoms with van der Waals surface area (Å²) in [5, 5.41) is 10.0. The molecule has 0 spiro atoms. The van der Waals surface area contributed by atoms with E-state index in [-0.39, 0.29) is 48.9 Å². The molecule has 7 heteroatoms. The quantitative estimate of drug-likeness (QED) is 0.716. The number of piperazine rings is 1. The average Bonchev–Trinajstić information content (AvgIpc) is 3.64. The molecule has 3 fully saturated rings. The Bertz CT molecular complexity index is 1090. The van der Waals surface area contributed by atoms with Crippen LogP contribution >= 0.6 is 0 Å². The summed E-state index contributed by atoms with van der Waals surface area (Å²) in [6, 6.07) is 15.4. The van der Waals surface area contributed by atoms with Gasteiger partial charge in [0.05, 0.1) is 25.2 Å². The van der Waals surface area contributed by atoms with Crippen molar-refractivity contribution in [2.75, 3.05) is 33.8 Å². The van der Waals surface area contributed by atoms with Crippen molar-refractivity contribution in [2.24, 2.45) is 5.92 Å². The number of nitrogens with zero attached hydrogens (tertiary/aromatic N) is 3. The Labute approximate surface area is 200 Å². The number of aliphatic hydroxyl groups is 1. The maximum absolute atomic E-state index is 12.8. The number of hydrogen-bond acceptors (Lipinski definition) is 4. The smallest absolute Gasteiger partial charge is 0.253 e. The minimum absolute atomic E-state index is 0.000358. The fourth-order valence-corrected chi connectivity index (χ4v) is 5.35. The van der Waals surface area contributed by atoms with Crippen LogP contribution in [-0.4, -0.2) is 83.4 Å². The second-order valence-corrected chi connectivity index (χ2v) is 9.96. The van der Waals surface area contributed by atoms with Crippen LogP contribution in [0.1, 0.15) is 41.1 Å². The van der Waals surface area contributed by atoms with Crippen LogP contribution in [0.15, 0.2) is 48.5 Å². The normalized spacial score (nSPS) is 23.9. The molecule has 0 bridgehead atoms. The maximum Gasteiger partial charge on any atom is 0.253 e. The van der Waals surface area contributed by atoms with E-state index >= 15 is 0 Å². The van der Waals surface area contributed by atoms with Crippen molar-refractivity contribution in [3.05, 3.63) is 59.7 Å². The van der Waals surface area contributed by atoms with Crippen molar-refractivity contribution in [3.63, 3.8) is 0 Å². The van der Waals surface area contributed by atoms with Crippen LogP contribution in [0.3, 0.4) is 0 Å². The predicted octanol–water partition coefficient (Wildman–Crippen LogP) is 2.35. The largest absolute Gasteiger partial charge is 0.394 e. The molecule has 0 unspecified atom stereocenters. The highest BCUT2D eigenvalue weighted by atomic mass is 16.3. The number of hydrogen-bond donors (Lipinski definition) is 1. The fraction of sp³-hybridized carbons (Fsp3) is 0.444. The number of amides is 3. The summed E-state index contributed by atoms with van der Waals surface area (Å²) in [7, 11) is 3.47. The Morgan fingerprint density at radius 1 is 1.00 bits per heavy atom. The zero-order valence-electron chi connectivity index (χ0n) is 19.7. The van der Waals surface area contributed by atoms with Gasteiger partial charge < -0.3 is 19.8 Å². The molecule has 1 saturated carbocycles. The van der Waals surface area contributed by atoms with Crippen LogP contribution in [0.25, 0.3) is 11.1 Å². The summed E-state index contributed by atoms with van der Waals surface area (Å²) in [6.07, 6.45) is 2.76. The third kappa shape index (κ3) is 4.09. The first kappa shape index (κ1) is 22.6. The topological polar surface area (TPSA) is 81.2 Å². The minimum atomic E-state index is -0.250. The lowest BCUT2D eigenvalue weighted by Crippen LogP contribution is -2.73. The van der Waals surface area contributed by atoms with E-state index in [9.17, 15) is 19.5 Å². The summed E-state index contributed by atoms with van der Waals surface area (Å²) < 4.78 is 0. The van der Waals surface area contributed by atoms with Crippen LogP contribution in [0.5, 0.6) is 0 Å². The Kier molecular flexibility index (Phi) is 5.90. The van der Waals surface area contributed by atoms with Gasteiger partial charge in [0.15, 0.2) is 0 Å². The van der Waals surface area contributed by atoms with Gasteiger partial charge in [-0.1, -0.05) is 36.4 Å². The van der Waals surface area contributed by atoms with Gasteiger partial charge in [0.1, 0.15) is 0 Å². The van der Waals surface area contributed by atoms with E-state index < -0.39 is 0 Å². The van der Waals surface area contributed by atoms with Gasteiger partial charge >= 0.3 is 0 Å². The predicted molar refractivity (Wildman–Crippen MR) is 128 cm³/mol. The lowest BCUT2D eigenvalue weighted by Gasteiger charge is -2.58. The Hall–Kier alpha value is -3.19. The summed E-state index contributed by atoms with van der Waals surface area (Å²) >= 11 is 0. The molecule has 7 nitrogen and oxygen atoms in total. The van der Waals surface area contributed by atoms with Crippen molar-refractivity contribution >= 4 is 17.7 Å². The van der Waals surface area contributed by atoms with Gasteiger partial charge in [-0.15, -0.1) is 0 Å². The van der Waals surface area contributed by atoms with Gasteiger partial charge in [-0.2, -0.15) is 0 Å². The number of carbonyl (C=O) groups is 3. The van der Waals surface area contributed by atoms with E-state index in [0.717, 1.165) is 29.5 Å². The van der Waals surface area contributed by atoms with E-state index in [1.54, 1.807) is 28.8 Å². The van der Waals surface area contributed by atoms with Crippen molar-refractivity contribution in [3.8, 4) is 11.1 Å². The molecular weight excluding hydrogens is 430 g/mol. The molecule has 2 aliphatic heterocycles. The van der Waals surface area contributed by atoms with Gasteiger partial charge in [-0.3, -0.25) is 14.4 Å². The molecule has 1 N–H and O–H groups in total. The molecular formula is C27H31N3O4. The molecule has 34 heavy (non-hydrogen) atoms. The Morgan fingerprint density at radius 3 is 2.18 bits per heavy atom. The highest BCUT2D eigenvalue weighted by Gasteiger charge is 2.54. The van der Waals surface area contributed by atoms with Gasteiger partial charge in [-0.05, 0) is 47.6 Å². The SMILES string of the molecule is CN(C)C(=O)c1ccc(-c2ccc([C@@H]3[C@H]4CN(C(=O)CC5CC5)CC(=O)N4[C@H]3CO)cc2)cc1. The molecule has 3 atom stereocenters. The molecule has 0 aromatic heterocycles. The lowest BCUT2D eigenvalue weighted by atomic mass is 9.73. The fourth-order valence-electron chi connectivity index (χ4n) is 5.35. The number of rotatable bonds is 6. The molecule has 2 aromatic rings. The first-order valence-corrected chi connectivity index (χ1v) is 12.0. The zero-order valence-corrected chi connectivity index (χ0v) is 19.7. The third-order valence-electron chi connectivity index (χ3n) is 7.43. The van der Waals surface area contributed by atoms with Crippen molar-refractivity contribution in [2.45, 2.75) is 37.3 Å². The van der Waals surface area contributed by atoms with E-state index in [1.807, 2.05) is 48.5 Å². The zero-order chi connectivity index (χ0) is 24.0. The van der Waals surface area contributed by atoms with E-state index in [0.29, 0.717) is 24.4 Å². The molecule has 0 radical (unpaired) electrons. The second-order valence-electron chi connectivity index (χ2n) is 9.96. The van der Waals surface area contributed by atoms with E-state index in [2.05, 4.69) is 0 Å². The first-order valence-electron chi connectivity index (χ1n) is 12.0. The molecule has 2 saturated heterocycles. The van der Waals surface area contributed by atoms with Crippen LogP contribution in [0.2, 0.25) is 0 Å². The van der Waals surface area contributed by atoms with Crippen LogP contribution in [0, 0.1) is 5.92 Å². The second kappa shape index (κ2) is 8.87. The number of aliphatic hydroxyl groups excluding tert-OH is 1. The standard InChI is InChI=1S/C27H31N3O4/c1-28(2)27(34)21-11-7-19(8-12-21)18-5-9-20(10-6-18)26-22-14-29(24(32)13-17-3-4-17)15-25(33)30(22)23(26)16-31/h5-12,17,22-23,26,31H,3-4,13-16H2,1-2H3/t22-,23+,26-/m1/s1. The van der Waals surface area contributed by atoms with Gasteiger partial charge in [-0.25, -0.2) is 0 Å². The Balaban J connectivity index is 1.32. The number of benzene rings is 2. The number of carbonyl (C=O) groups excluding carboxylic acids is 3. The molecule has 3 amide bonds. The van der Waals surface area contributed by atoms with Gasteiger partial charge in [0.2, 0.25) is 11.8 Å². The van der Waals surface area contributed by atoms with Crippen LogP contribution in [0.4, 0.5) is 0 Å². The Morgan fingerprint density at radius 2 is 1.62 bits per heavy atom. The molecule has 2 aromatic carbocycles. The third-order valence-corrected chi connectivity index (χ3v) is 7.43. The van der Waals surface area contributed by atoms with Crippen LogP contribution in [-0.2, 0) is 9.59 Å². The molecule has 2 heterocycles. The highest BCUT2D eigenvalue weighted by Crippen LogP contribution is 2.43. The molecule has 178 valence electrons. The molecule has 5 rings (SSSR count). The monoisotopic (exact) mass is 461 g/mol. The summed E-state index contributed by atoms with van der Waals surface area (Å²) in [4.78, 5) is 42.6. The summed E-state index contributed by atoms with van der Waals surface area (Å²) in [6.45, 7) is 0.560.